The molecule has 2 N–H and O–H groups in total. The van der Waals surface area contributed by atoms with E-state index in [9.17, 15) is 15.2 Å². The third kappa shape index (κ3) is 2.67. The minimum absolute atomic E-state index is 0.0540. The number of hydrogen-bond donors (Lipinski definition) is 2. The average Bonchev–Trinajstić information content (AvgIpc) is 2.70. The summed E-state index contributed by atoms with van der Waals surface area (Å²) in [5.41, 5.74) is 0. The van der Waals surface area contributed by atoms with E-state index in [0.717, 1.165) is 37.0 Å². The van der Waals surface area contributed by atoms with Crippen molar-refractivity contribution in [3.05, 3.63) is 16.3 Å². The fourth-order valence-electron chi connectivity index (χ4n) is 1.81. The van der Waals surface area contributed by atoms with Crippen molar-refractivity contribution in [2.75, 3.05) is 5.32 Å². The van der Waals surface area contributed by atoms with Crippen molar-refractivity contribution in [2.24, 2.45) is 0 Å². The van der Waals surface area contributed by atoms with Gasteiger partial charge in [-0.2, -0.15) is 0 Å². The summed E-state index contributed by atoms with van der Waals surface area (Å²) >= 11 is 1.05. The summed E-state index contributed by atoms with van der Waals surface area (Å²) in [7, 11) is 0. The fourth-order valence-corrected chi connectivity index (χ4v) is 2.52. The lowest BCUT2D eigenvalue weighted by Gasteiger charge is -2.25. The molecule has 0 atom stereocenters. The minimum Gasteiger partial charge on any atom is -0.393 e. The molecule has 1 aromatic heterocycles. The zero-order valence-corrected chi connectivity index (χ0v) is 9.44. The maximum Gasteiger partial charge on any atom is 0.345 e. The van der Waals surface area contributed by atoms with Crippen LogP contribution in [0.15, 0.2) is 6.20 Å². The molecule has 88 valence electrons. The van der Waals surface area contributed by atoms with Gasteiger partial charge >= 0.3 is 5.00 Å². The molecule has 2 rings (SSSR count). The van der Waals surface area contributed by atoms with Gasteiger partial charge in [0, 0.05) is 6.04 Å². The maximum absolute atomic E-state index is 10.5. The second kappa shape index (κ2) is 4.75. The van der Waals surface area contributed by atoms with Crippen LogP contribution in [0.4, 0.5) is 10.1 Å². The highest BCUT2D eigenvalue weighted by atomic mass is 32.1. The lowest BCUT2D eigenvalue weighted by atomic mass is 9.93. The van der Waals surface area contributed by atoms with Crippen LogP contribution < -0.4 is 5.32 Å². The smallest absolute Gasteiger partial charge is 0.345 e. The number of thiazole rings is 1. The highest BCUT2D eigenvalue weighted by Gasteiger charge is 2.21. The second-order valence-corrected chi connectivity index (χ2v) is 4.92. The summed E-state index contributed by atoms with van der Waals surface area (Å²) in [6.07, 6.45) is 4.41. The van der Waals surface area contributed by atoms with E-state index in [2.05, 4.69) is 10.3 Å². The van der Waals surface area contributed by atoms with Crippen LogP contribution in [0.3, 0.4) is 0 Å². The Kier molecular flexibility index (Phi) is 3.35. The van der Waals surface area contributed by atoms with E-state index in [1.807, 2.05) is 0 Å². The molecule has 0 spiro atoms. The zero-order valence-electron chi connectivity index (χ0n) is 8.63. The van der Waals surface area contributed by atoms with E-state index in [1.165, 1.54) is 6.20 Å². The Labute approximate surface area is 96.5 Å². The molecule has 1 aromatic rings. The van der Waals surface area contributed by atoms with Gasteiger partial charge in [0.05, 0.1) is 11.0 Å². The Balaban J connectivity index is 1.91. The van der Waals surface area contributed by atoms with Gasteiger partial charge in [0.1, 0.15) is 6.20 Å². The van der Waals surface area contributed by atoms with E-state index < -0.39 is 4.92 Å². The molecule has 1 aliphatic rings. The molecule has 0 radical (unpaired) electrons. The number of aliphatic hydroxyl groups is 1. The van der Waals surface area contributed by atoms with Gasteiger partial charge < -0.3 is 10.4 Å². The van der Waals surface area contributed by atoms with E-state index in [-0.39, 0.29) is 17.1 Å². The van der Waals surface area contributed by atoms with Crippen LogP contribution in [0.1, 0.15) is 25.7 Å². The highest BCUT2D eigenvalue weighted by Crippen LogP contribution is 2.28. The van der Waals surface area contributed by atoms with E-state index >= 15 is 0 Å². The first-order valence-corrected chi connectivity index (χ1v) is 6.01. The summed E-state index contributed by atoms with van der Waals surface area (Å²) in [6, 6.07) is 0.272. The Morgan fingerprint density at radius 2 is 2.19 bits per heavy atom. The first-order chi connectivity index (χ1) is 7.65. The SMILES string of the molecule is O=[N+]([O-])c1cnc(NC2CCC(O)CC2)s1. The number of nitrogens with one attached hydrogen (secondary N) is 1. The van der Waals surface area contributed by atoms with Gasteiger partial charge in [0.25, 0.3) is 0 Å². The Morgan fingerprint density at radius 1 is 1.50 bits per heavy atom. The summed E-state index contributed by atoms with van der Waals surface area (Å²) in [4.78, 5) is 14.0. The molecular formula is C9H13N3O3S. The number of nitro groups is 1. The molecule has 0 saturated heterocycles. The number of aromatic nitrogens is 1. The molecule has 0 bridgehead atoms. The van der Waals surface area contributed by atoms with Gasteiger partial charge in [-0.3, -0.25) is 10.1 Å². The van der Waals surface area contributed by atoms with Crippen molar-refractivity contribution < 1.29 is 10.0 Å². The van der Waals surface area contributed by atoms with Gasteiger partial charge in [0.15, 0.2) is 5.13 Å². The predicted octanol–water partition coefficient (Wildman–Crippen LogP) is 1.77. The molecule has 1 fully saturated rings. The Morgan fingerprint density at radius 3 is 2.75 bits per heavy atom. The number of anilines is 1. The molecular weight excluding hydrogens is 230 g/mol. The molecule has 16 heavy (non-hydrogen) atoms. The largest absolute Gasteiger partial charge is 0.393 e. The van der Waals surface area contributed by atoms with Crippen molar-refractivity contribution >= 4 is 21.5 Å². The van der Waals surface area contributed by atoms with Gasteiger partial charge in [0.2, 0.25) is 0 Å². The van der Waals surface area contributed by atoms with Gasteiger partial charge in [-0.25, -0.2) is 4.98 Å². The quantitative estimate of drug-likeness (QED) is 0.624. The van der Waals surface area contributed by atoms with Crippen LogP contribution in [0.25, 0.3) is 0 Å². The van der Waals surface area contributed by atoms with Crippen molar-refractivity contribution in [3.8, 4) is 0 Å². The minimum atomic E-state index is -0.437. The topological polar surface area (TPSA) is 88.3 Å². The molecule has 0 aliphatic heterocycles. The van der Waals surface area contributed by atoms with Crippen molar-refractivity contribution in [3.63, 3.8) is 0 Å². The molecule has 0 amide bonds. The van der Waals surface area contributed by atoms with Crippen LogP contribution in [-0.2, 0) is 0 Å². The van der Waals surface area contributed by atoms with Crippen LogP contribution in [-0.4, -0.2) is 27.2 Å². The van der Waals surface area contributed by atoms with Gasteiger partial charge in [-0.1, -0.05) is 0 Å². The number of rotatable bonds is 3. The molecule has 1 aliphatic carbocycles. The molecule has 0 aromatic carbocycles. The molecule has 7 heteroatoms. The summed E-state index contributed by atoms with van der Waals surface area (Å²) in [6.45, 7) is 0. The van der Waals surface area contributed by atoms with Crippen molar-refractivity contribution in [1.82, 2.24) is 4.98 Å². The summed E-state index contributed by atoms with van der Waals surface area (Å²) < 4.78 is 0. The van der Waals surface area contributed by atoms with Gasteiger partial charge in [-0.05, 0) is 37.0 Å². The monoisotopic (exact) mass is 243 g/mol. The third-order valence-electron chi connectivity index (χ3n) is 2.70. The first kappa shape index (κ1) is 11.3. The second-order valence-electron chi connectivity index (χ2n) is 3.91. The summed E-state index contributed by atoms with van der Waals surface area (Å²) in [5, 5.41) is 23.6. The standard InChI is InChI=1S/C9H13N3O3S/c13-7-3-1-6(2-4-7)11-9-10-5-8(16-9)12(14)15/h5-7,13H,1-4H2,(H,10,11). The van der Waals surface area contributed by atoms with Crippen molar-refractivity contribution in [1.29, 1.82) is 0 Å². The Hall–Kier alpha value is -1.21. The van der Waals surface area contributed by atoms with Crippen LogP contribution >= 0.6 is 11.3 Å². The molecule has 1 saturated carbocycles. The molecule has 6 nitrogen and oxygen atoms in total. The Bertz CT molecular complexity index is 374. The fraction of sp³-hybridized carbons (Fsp3) is 0.667. The average molecular weight is 243 g/mol. The summed E-state index contributed by atoms with van der Waals surface area (Å²) in [5.74, 6) is 0. The van der Waals surface area contributed by atoms with Crippen LogP contribution in [0, 0.1) is 10.1 Å². The zero-order chi connectivity index (χ0) is 11.5. The lowest BCUT2D eigenvalue weighted by molar-refractivity contribution is -0.380. The number of hydrogen-bond acceptors (Lipinski definition) is 6. The van der Waals surface area contributed by atoms with E-state index in [1.54, 1.807) is 0 Å². The predicted molar refractivity (Wildman–Crippen MR) is 60.7 cm³/mol. The van der Waals surface area contributed by atoms with Crippen molar-refractivity contribution in [2.45, 2.75) is 37.8 Å². The van der Waals surface area contributed by atoms with Crippen LogP contribution in [0.2, 0.25) is 0 Å². The van der Waals surface area contributed by atoms with E-state index in [0.29, 0.717) is 5.13 Å². The first-order valence-electron chi connectivity index (χ1n) is 5.20. The lowest BCUT2D eigenvalue weighted by Crippen LogP contribution is -2.28. The van der Waals surface area contributed by atoms with Gasteiger partial charge in [-0.15, -0.1) is 0 Å². The maximum atomic E-state index is 10.5. The molecule has 0 unspecified atom stereocenters. The molecule has 1 heterocycles. The number of aliphatic hydroxyl groups excluding tert-OH is 1. The normalized spacial score (nSPS) is 25.3. The van der Waals surface area contributed by atoms with Crippen LogP contribution in [0.5, 0.6) is 0 Å². The van der Waals surface area contributed by atoms with E-state index in [4.69, 9.17) is 0 Å². The third-order valence-corrected chi connectivity index (χ3v) is 3.58. The highest BCUT2D eigenvalue weighted by molar-refractivity contribution is 7.18. The number of nitrogens with zero attached hydrogens (tertiary/aromatic N) is 2.